The SMILES string of the molecule is CCNc1nc(OCCCOC)nc(N2CCOCC2)n1. The average molecular weight is 297 g/mol. The van der Waals surface area contributed by atoms with Crippen LogP contribution in [0.5, 0.6) is 6.01 Å². The van der Waals surface area contributed by atoms with Crippen molar-refractivity contribution in [2.45, 2.75) is 13.3 Å². The van der Waals surface area contributed by atoms with E-state index >= 15 is 0 Å². The molecule has 1 saturated heterocycles. The van der Waals surface area contributed by atoms with E-state index in [4.69, 9.17) is 14.2 Å². The molecule has 1 N–H and O–H groups in total. The minimum absolute atomic E-state index is 0.346. The number of morpholine rings is 1. The highest BCUT2D eigenvalue weighted by Crippen LogP contribution is 2.16. The Labute approximate surface area is 124 Å². The molecule has 0 aliphatic carbocycles. The molecule has 0 spiro atoms. The molecule has 0 aromatic carbocycles. The van der Waals surface area contributed by atoms with E-state index in [9.17, 15) is 0 Å². The van der Waals surface area contributed by atoms with Crippen molar-refractivity contribution >= 4 is 11.9 Å². The van der Waals surface area contributed by atoms with E-state index in [0.29, 0.717) is 44.3 Å². The fourth-order valence-corrected chi connectivity index (χ4v) is 1.92. The quantitative estimate of drug-likeness (QED) is 0.697. The van der Waals surface area contributed by atoms with E-state index in [1.165, 1.54) is 0 Å². The number of rotatable bonds is 8. The van der Waals surface area contributed by atoms with Crippen LogP contribution in [0.4, 0.5) is 11.9 Å². The lowest BCUT2D eigenvalue weighted by molar-refractivity contribution is 0.122. The second-order valence-electron chi connectivity index (χ2n) is 4.57. The number of ether oxygens (including phenoxy) is 3. The van der Waals surface area contributed by atoms with Crippen LogP contribution < -0.4 is 15.0 Å². The zero-order chi connectivity index (χ0) is 14.9. The van der Waals surface area contributed by atoms with Crippen LogP contribution in [0.2, 0.25) is 0 Å². The predicted molar refractivity (Wildman–Crippen MR) is 79.0 cm³/mol. The molecule has 8 nitrogen and oxygen atoms in total. The van der Waals surface area contributed by atoms with Gasteiger partial charge in [0.15, 0.2) is 0 Å². The van der Waals surface area contributed by atoms with Gasteiger partial charge in [-0.05, 0) is 6.92 Å². The summed E-state index contributed by atoms with van der Waals surface area (Å²) >= 11 is 0. The highest BCUT2D eigenvalue weighted by Gasteiger charge is 2.16. The summed E-state index contributed by atoms with van der Waals surface area (Å²) in [6.07, 6.45) is 0.797. The van der Waals surface area contributed by atoms with Gasteiger partial charge in [0, 0.05) is 39.8 Å². The molecular weight excluding hydrogens is 274 g/mol. The number of hydrogen-bond donors (Lipinski definition) is 1. The van der Waals surface area contributed by atoms with Gasteiger partial charge in [0.05, 0.1) is 19.8 Å². The molecule has 0 radical (unpaired) electrons. The van der Waals surface area contributed by atoms with Crippen LogP contribution in [-0.4, -0.2) is 68.1 Å². The molecular formula is C13H23N5O3. The zero-order valence-corrected chi connectivity index (χ0v) is 12.7. The van der Waals surface area contributed by atoms with Gasteiger partial charge in [-0.2, -0.15) is 15.0 Å². The third-order valence-corrected chi connectivity index (χ3v) is 2.96. The topological polar surface area (TPSA) is 81.6 Å². The largest absolute Gasteiger partial charge is 0.463 e. The molecule has 1 aromatic heterocycles. The molecule has 1 aliphatic rings. The maximum absolute atomic E-state index is 5.59. The molecule has 21 heavy (non-hydrogen) atoms. The highest BCUT2D eigenvalue weighted by molar-refractivity contribution is 5.38. The molecule has 0 amide bonds. The maximum Gasteiger partial charge on any atom is 0.323 e. The predicted octanol–water partition coefficient (Wildman–Crippen LogP) is 0.555. The smallest absolute Gasteiger partial charge is 0.323 e. The second kappa shape index (κ2) is 8.58. The van der Waals surface area contributed by atoms with Gasteiger partial charge < -0.3 is 24.4 Å². The maximum atomic E-state index is 5.59. The van der Waals surface area contributed by atoms with Gasteiger partial charge >= 0.3 is 6.01 Å². The molecule has 2 heterocycles. The van der Waals surface area contributed by atoms with Gasteiger partial charge in [-0.25, -0.2) is 0 Å². The van der Waals surface area contributed by atoms with Gasteiger partial charge in [0.25, 0.3) is 0 Å². The van der Waals surface area contributed by atoms with Gasteiger partial charge in [-0.15, -0.1) is 0 Å². The minimum Gasteiger partial charge on any atom is -0.463 e. The third-order valence-electron chi connectivity index (χ3n) is 2.96. The first-order chi connectivity index (χ1) is 10.3. The first-order valence-corrected chi connectivity index (χ1v) is 7.28. The number of nitrogens with zero attached hydrogens (tertiary/aromatic N) is 4. The van der Waals surface area contributed by atoms with Crippen molar-refractivity contribution in [2.24, 2.45) is 0 Å². The van der Waals surface area contributed by atoms with Crippen molar-refractivity contribution in [3.05, 3.63) is 0 Å². The van der Waals surface area contributed by atoms with E-state index in [0.717, 1.165) is 26.1 Å². The van der Waals surface area contributed by atoms with Crippen molar-refractivity contribution in [3.8, 4) is 6.01 Å². The Morgan fingerprint density at radius 2 is 2.00 bits per heavy atom. The molecule has 1 aliphatic heterocycles. The first-order valence-electron chi connectivity index (χ1n) is 7.28. The minimum atomic E-state index is 0.346. The summed E-state index contributed by atoms with van der Waals surface area (Å²) in [6, 6.07) is 0.346. The lowest BCUT2D eigenvalue weighted by Crippen LogP contribution is -2.37. The fraction of sp³-hybridized carbons (Fsp3) is 0.769. The summed E-state index contributed by atoms with van der Waals surface area (Å²) in [5, 5.41) is 3.10. The van der Waals surface area contributed by atoms with Crippen LogP contribution in [0.1, 0.15) is 13.3 Å². The first kappa shape index (κ1) is 15.7. The third kappa shape index (κ3) is 4.98. The Kier molecular flexibility index (Phi) is 6.42. The normalized spacial score (nSPS) is 15.0. The summed E-state index contributed by atoms with van der Waals surface area (Å²) in [5.74, 6) is 1.17. The van der Waals surface area contributed by atoms with E-state index < -0.39 is 0 Å². The van der Waals surface area contributed by atoms with Gasteiger partial charge in [0.1, 0.15) is 0 Å². The van der Waals surface area contributed by atoms with Gasteiger partial charge in [-0.3, -0.25) is 0 Å². The summed E-state index contributed by atoms with van der Waals surface area (Å²) in [5.41, 5.74) is 0. The molecule has 2 rings (SSSR count). The van der Waals surface area contributed by atoms with Crippen molar-refractivity contribution in [1.29, 1.82) is 0 Å². The lowest BCUT2D eigenvalue weighted by atomic mass is 10.4. The molecule has 0 atom stereocenters. The van der Waals surface area contributed by atoms with Crippen LogP contribution in [-0.2, 0) is 9.47 Å². The standard InChI is InChI=1S/C13H23N5O3/c1-3-14-11-15-12(18-5-9-20-10-6-18)17-13(16-11)21-8-4-7-19-2/h3-10H2,1-2H3,(H,14,15,16,17). The Hall–Kier alpha value is -1.67. The van der Waals surface area contributed by atoms with E-state index in [1.54, 1.807) is 7.11 Å². The van der Waals surface area contributed by atoms with Gasteiger partial charge in [0.2, 0.25) is 11.9 Å². The van der Waals surface area contributed by atoms with E-state index in [-0.39, 0.29) is 0 Å². The molecule has 8 heteroatoms. The van der Waals surface area contributed by atoms with E-state index in [2.05, 4.69) is 25.2 Å². The Morgan fingerprint density at radius 3 is 2.71 bits per heavy atom. The number of hydrogen-bond acceptors (Lipinski definition) is 8. The van der Waals surface area contributed by atoms with Crippen LogP contribution in [0.25, 0.3) is 0 Å². The van der Waals surface area contributed by atoms with Crippen LogP contribution in [0, 0.1) is 0 Å². The Morgan fingerprint density at radius 1 is 1.19 bits per heavy atom. The second-order valence-corrected chi connectivity index (χ2v) is 4.57. The monoisotopic (exact) mass is 297 g/mol. The van der Waals surface area contributed by atoms with E-state index in [1.807, 2.05) is 6.92 Å². The molecule has 0 bridgehead atoms. The fourth-order valence-electron chi connectivity index (χ4n) is 1.92. The summed E-state index contributed by atoms with van der Waals surface area (Å²) in [7, 11) is 1.67. The Bertz CT molecular complexity index is 426. The van der Waals surface area contributed by atoms with Crippen LogP contribution >= 0.6 is 0 Å². The molecule has 0 saturated carbocycles. The lowest BCUT2D eigenvalue weighted by Gasteiger charge is -2.27. The van der Waals surface area contributed by atoms with Crippen molar-refractivity contribution in [1.82, 2.24) is 15.0 Å². The summed E-state index contributed by atoms with van der Waals surface area (Å²) in [6.45, 7) is 6.84. The molecule has 1 fully saturated rings. The molecule has 118 valence electrons. The number of methoxy groups -OCH3 is 1. The van der Waals surface area contributed by atoms with Crippen LogP contribution in [0.15, 0.2) is 0 Å². The number of aromatic nitrogens is 3. The van der Waals surface area contributed by atoms with Crippen molar-refractivity contribution in [2.75, 3.05) is 63.4 Å². The Balaban J connectivity index is 2.05. The summed E-state index contributed by atoms with van der Waals surface area (Å²) in [4.78, 5) is 15.1. The number of anilines is 2. The highest BCUT2D eigenvalue weighted by atomic mass is 16.5. The number of nitrogens with one attached hydrogen (secondary N) is 1. The molecule has 0 unspecified atom stereocenters. The van der Waals surface area contributed by atoms with Crippen molar-refractivity contribution in [3.63, 3.8) is 0 Å². The van der Waals surface area contributed by atoms with Crippen LogP contribution in [0.3, 0.4) is 0 Å². The summed E-state index contributed by atoms with van der Waals surface area (Å²) < 4.78 is 15.9. The van der Waals surface area contributed by atoms with Gasteiger partial charge in [-0.1, -0.05) is 0 Å². The molecule has 1 aromatic rings. The zero-order valence-electron chi connectivity index (χ0n) is 12.7. The van der Waals surface area contributed by atoms with Crippen molar-refractivity contribution < 1.29 is 14.2 Å². The average Bonchev–Trinajstić information content (AvgIpc) is 2.53.